The van der Waals surface area contributed by atoms with Gasteiger partial charge in [0.05, 0.1) is 6.61 Å². The lowest BCUT2D eigenvalue weighted by Gasteiger charge is -2.45. The highest BCUT2D eigenvalue weighted by atomic mass is 16.4. The highest BCUT2D eigenvalue weighted by Gasteiger charge is 2.53. The molecule has 0 heterocycles. The lowest BCUT2D eigenvalue weighted by Crippen LogP contribution is -2.57. The second-order valence-corrected chi connectivity index (χ2v) is 5.05. The number of hydrogen-bond donors (Lipinski definition) is 2. The molecule has 2 fully saturated rings. The molecular formula is C12H19NO4. The third kappa shape index (κ3) is 1.92. The summed E-state index contributed by atoms with van der Waals surface area (Å²) >= 11 is 0. The molecule has 2 aliphatic rings. The third-order valence-electron chi connectivity index (χ3n) is 4.14. The minimum absolute atomic E-state index is 0.0993. The molecular weight excluding hydrogens is 222 g/mol. The Labute approximate surface area is 100 Å². The maximum absolute atomic E-state index is 12.3. The lowest BCUT2D eigenvalue weighted by atomic mass is 9.67. The minimum atomic E-state index is -1.19. The van der Waals surface area contributed by atoms with Crippen molar-refractivity contribution in [3.63, 3.8) is 0 Å². The second kappa shape index (κ2) is 4.64. The predicted molar refractivity (Wildman–Crippen MR) is 60.4 cm³/mol. The molecule has 0 unspecified atom stereocenters. The first kappa shape index (κ1) is 12.4. The van der Waals surface area contributed by atoms with Crippen LogP contribution in [-0.4, -0.2) is 46.2 Å². The summed E-state index contributed by atoms with van der Waals surface area (Å²) in [6.45, 7) is 0.163. The van der Waals surface area contributed by atoms with Gasteiger partial charge in [-0.3, -0.25) is 9.59 Å². The monoisotopic (exact) mass is 241 g/mol. The van der Waals surface area contributed by atoms with E-state index in [-0.39, 0.29) is 25.1 Å². The third-order valence-corrected chi connectivity index (χ3v) is 4.14. The number of nitrogens with zero attached hydrogens (tertiary/aromatic N) is 1. The van der Waals surface area contributed by atoms with Crippen LogP contribution < -0.4 is 0 Å². The number of carbonyl (C=O) groups is 2. The van der Waals surface area contributed by atoms with E-state index in [1.165, 1.54) is 0 Å². The standard InChI is InChI=1S/C12H19NO4/c14-8-7-13(9-3-1-4-9)10(15)12(11(16)17)5-2-6-12/h9,14H,1-8H2,(H,16,17). The van der Waals surface area contributed by atoms with Gasteiger partial charge in [-0.05, 0) is 32.1 Å². The van der Waals surface area contributed by atoms with Crippen molar-refractivity contribution >= 4 is 11.9 Å². The molecule has 0 aliphatic heterocycles. The Kier molecular flexibility index (Phi) is 3.38. The van der Waals surface area contributed by atoms with Gasteiger partial charge >= 0.3 is 5.97 Å². The molecule has 96 valence electrons. The molecule has 0 aromatic rings. The molecule has 0 radical (unpaired) electrons. The van der Waals surface area contributed by atoms with Gasteiger partial charge in [0.15, 0.2) is 0 Å². The topological polar surface area (TPSA) is 77.8 Å². The van der Waals surface area contributed by atoms with Crippen LogP contribution in [-0.2, 0) is 9.59 Å². The number of carboxylic acids is 1. The fourth-order valence-corrected chi connectivity index (χ4v) is 2.58. The Morgan fingerprint density at radius 1 is 1.24 bits per heavy atom. The summed E-state index contributed by atoms with van der Waals surface area (Å²) in [5.41, 5.74) is -1.19. The Bertz CT molecular complexity index is 320. The van der Waals surface area contributed by atoms with Crippen LogP contribution in [0.15, 0.2) is 0 Å². The van der Waals surface area contributed by atoms with E-state index in [9.17, 15) is 14.7 Å². The number of carboxylic acid groups (broad SMARTS) is 1. The number of aliphatic hydroxyl groups is 1. The van der Waals surface area contributed by atoms with Crippen molar-refractivity contribution in [1.29, 1.82) is 0 Å². The van der Waals surface area contributed by atoms with Crippen LogP contribution in [0.1, 0.15) is 38.5 Å². The number of amides is 1. The Hall–Kier alpha value is -1.10. The molecule has 2 rings (SSSR count). The van der Waals surface area contributed by atoms with Gasteiger partial charge in [-0.25, -0.2) is 0 Å². The van der Waals surface area contributed by atoms with Gasteiger partial charge < -0.3 is 15.1 Å². The number of rotatable bonds is 5. The van der Waals surface area contributed by atoms with Crippen LogP contribution in [0, 0.1) is 5.41 Å². The largest absolute Gasteiger partial charge is 0.480 e. The zero-order chi connectivity index (χ0) is 12.5. The fourth-order valence-electron chi connectivity index (χ4n) is 2.58. The van der Waals surface area contributed by atoms with Gasteiger partial charge in [0.2, 0.25) is 5.91 Å². The van der Waals surface area contributed by atoms with E-state index >= 15 is 0 Å². The Morgan fingerprint density at radius 3 is 2.18 bits per heavy atom. The Morgan fingerprint density at radius 2 is 1.88 bits per heavy atom. The van der Waals surface area contributed by atoms with Crippen molar-refractivity contribution in [3.05, 3.63) is 0 Å². The molecule has 2 saturated carbocycles. The maximum atomic E-state index is 12.3. The summed E-state index contributed by atoms with van der Waals surface area (Å²) in [6, 6.07) is 0.145. The number of carbonyl (C=O) groups excluding carboxylic acids is 1. The predicted octanol–water partition coefficient (Wildman–Crippen LogP) is 0.615. The van der Waals surface area contributed by atoms with Crippen molar-refractivity contribution in [2.45, 2.75) is 44.6 Å². The summed E-state index contributed by atoms with van der Waals surface area (Å²) < 4.78 is 0. The molecule has 0 spiro atoms. The van der Waals surface area contributed by atoms with Crippen LogP contribution in [0.5, 0.6) is 0 Å². The van der Waals surface area contributed by atoms with E-state index in [2.05, 4.69) is 0 Å². The molecule has 1 amide bonds. The number of hydrogen-bond acceptors (Lipinski definition) is 3. The molecule has 2 aliphatic carbocycles. The zero-order valence-electron chi connectivity index (χ0n) is 9.89. The van der Waals surface area contributed by atoms with Gasteiger partial charge in [0, 0.05) is 12.6 Å². The number of aliphatic hydroxyl groups excluding tert-OH is 1. The van der Waals surface area contributed by atoms with Gasteiger partial charge in [-0.2, -0.15) is 0 Å². The summed E-state index contributed by atoms with van der Waals surface area (Å²) in [5.74, 6) is -1.29. The Balaban J connectivity index is 2.11. The highest BCUT2D eigenvalue weighted by Crippen LogP contribution is 2.44. The van der Waals surface area contributed by atoms with E-state index in [4.69, 9.17) is 5.11 Å². The van der Waals surface area contributed by atoms with Crippen LogP contribution in [0.25, 0.3) is 0 Å². The quantitative estimate of drug-likeness (QED) is 0.691. The van der Waals surface area contributed by atoms with Crippen molar-refractivity contribution in [2.24, 2.45) is 5.41 Å². The molecule has 2 N–H and O–H groups in total. The van der Waals surface area contributed by atoms with Gasteiger partial charge in [0.1, 0.15) is 5.41 Å². The lowest BCUT2D eigenvalue weighted by molar-refractivity contribution is -0.170. The molecule has 0 atom stereocenters. The SMILES string of the molecule is O=C(O)C1(C(=O)N(CCO)C2CCC2)CCC1. The van der Waals surface area contributed by atoms with E-state index in [0.29, 0.717) is 12.8 Å². The van der Waals surface area contributed by atoms with Crippen LogP contribution in [0.2, 0.25) is 0 Å². The fraction of sp³-hybridized carbons (Fsp3) is 0.833. The smallest absolute Gasteiger partial charge is 0.319 e. The van der Waals surface area contributed by atoms with Crippen LogP contribution in [0.3, 0.4) is 0 Å². The molecule has 0 aromatic heterocycles. The van der Waals surface area contributed by atoms with Crippen LogP contribution >= 0.6 is 0 Å². The van der Waals surface area contributed by atoms with E-state index in [0.717, 1.165) is 25.7 Å². The normalized spacial score (nSPS) is 22.4. The molecule has 17 heavy (non-hydrogen) atoms. The van der Waals surface area contributed by atoms with Crippen molar-refractivity contribution in [3.8, 4) is 0 Å². The van der Waals surface area contributed by atoms with Gasteiger partial charge in [-0.1, -0.05) is 6.42 Å². The van der Waals surface area contributed by atoms with Gasteiger partial charge in [0.25, 0.3) is 0 Å². The summed E-state index contributed by atoms with van der Waals surface area (Å²) in [4.78, 5) is 25.2. The first-order valence-corrected chi connectivity index (χ1v) is 6.27. The van der Waals surface area contributed by atoms with Crippen molar-refractivity contribution < 1.29 is 19.8 Å². The van der Waals surface area contributed by atoms with E-state index < -0.39 is 11.4 Å². The molecule has 5 heteroatoms. The molecule has 0 bridgehead atoms. The second-order valence-electron chi connectivity index (χ2n) is 5.05. The molecule has 0 saturated heterocycles. The number of aliphatic carboxylic acids is 1. The average molecular weight is 241 g/mol. The summed E-state index contributed by atoms with van der Waals surface area (Å²) in [5, 5.41) is 18.2. The molecule has 0 aromatic carbocycles. The minimum Gasteiger partial charge on any atom is -0.480 e. The van der Waals surface area contributed by atoms with Crippen molar-refractivity contribution in [2.75, 3.05) is 13.2 Å². The summed E-state index contributed by atoms with van der Waals surface area (Å²) in [7, 11) is 0. The van der Waals surface area contributed by atoms with Gasteiger partial charge in [-0.15, -0.1) is 0 Å². The maximum Gasteiger partial charge on any atom is 0.319 e. The first-order chi connectivity index (χ1) is 8.12. The van der Waals surface area contributed by atoms with E-state index in [1.54, 1.807) is 4.90 Å². The van der Waals surface area contributed by atoms with Crippen LogP contribution in [0.4, 0.5) is 0 Å². The average Bonchev–Trinajstić information content (AvgIpc) is 2.11. The first-order valence-electron chi connectivity index (χ1n) is 6.27. The molecule has 5 nitrogen and oxygen atoms in total. The van der Waals surface area contributed by atoms with Crippen molar-refractivity contribution in [1.82, 2.24) is 4.90 Å². The highest BCUT2D eigenvalue weighted by molar-refractivity contribution is 6.03. The summed E-state index contributed by atoms with van der Waals surface area (Å²) in [6.07, 6.45) is 4.63. The van der Waals surface area contributed by atoms with E-state index in [1.807, 2.05) is 0 Å². The zero-order valence-corrected chi connectivity index (χ0v) is 9.89.